The molecule has 0 unspecified atom stereocenters. The van der Waals surface area contributed by atoms with E-state index in [4.69, 9.17) is 10.00 Å². The number of para-hydroxylation sites is 2. The SMILES string of the molecule is COc1ccccc1N1CCN(c2ccc(NC(=O)Nc3cccc(C#N)c3)cc2C(=O)N2CCCC2)CC1. The molecule has 2 fully saturated rings. The molecule has 2 aliphatic heterocycles. The van der Waals surface area contributed by atoms with Crippen LogP contribution in [0.25, 0.3) is 0 Å². The zero-order valence-electron chi connectivity index (χ0n) is 22.0. The van der Waals surface area contributed by atoms with E-state index in [1.54, 1.807) is 37.4 Å². The number of likely N-dealkylation sites (tertiary alicyclic amines) is 1. The van der Waals surface area contributed by atoms with E-state index in [9.17, 15) is 9.59 Å². The number of nitriles is 1. The zero-order valence-corrected chi connectivity index (χ0v) is 22.0. The van der Waals surface area contributed by atoms with Crippen LogP contribution in [0.2, 0.25) is 0 Å². The third-order valence-electron chi connectivity index (χ3n) is 7.17. The molecule has 39 heavy (non-hydrogen) atoms. The highest BCUT2D eigenvalue weighted by Crippen LogP contribution is 2.32. The van der Waals surface area contributed by atoms with Crippen LogP contribution in [0.1, 0.15) is 28.8 Å². The summed E-state index contributed by atoms with van der Waals surface area (Å²) in [4.78, 5) is 32.7. The Kier molecular flexibility index (Phi) is 7.83. The first-order valence-corrected chi connectivity index (χ1v) is 13.2. The number of carbonyl (C=O) groups is 2. The van der Waals surface area contributed by atoms with Crippen LogP contribution in [0.4, 0.5) is 27.5 Å². The normalized spacial score (nSPS) is 15.0. The molecule has 2 N–H and O–H groups in total. The van der Waals surface area contributed by atoms with E-state index >= 15 is 0 Å². The first kappa shape index (κ1) is 25.9. The van der Waals surface area contributed by atoms with Gasteiger partial charge in [-0.05, 0) is 61.4 Å². The number of anilines is 4. The second-order valence-electron chi connectivity index (χ2n) is 9.65. The molecule has 3 aromatic carbocycles. The molecule has 2 aliphatic rings. The summed E-state index contributed by atoms with van der Waals surface area (Å²) < 4.78 is 5.55. The monoisotopic (exact) mass is 524 g/mol. The smallest absolute Gasteiger partial charge is 0.323 e. The van der Waals surface area contributed by atoms with E-state index in [1.165, 1.54) is 0 Å². The number of benzene rings is 3. The number of nitrogens with one attached hydrogen (secondary N) is 2. The largest absolute Gasteiger partial charge is 0.495 e. The lowest BCUT2D eigenvalue weighted by atomic mass is 10.1. The van der Waals surface area contributed by atoms with Crippen molar-refractivity contribution in [3.05, 3.63) is 77.9 Å². The summed E-state index contributed by atoms with van der Waals surface area (Å²) in [6.45, 7) is 4.58. The Morgan fingerprint density at radius 3 is 2.15 bits per heavy atom. The van der Waals surface area contributed by atoms with Gasteiger partial charge in [0.05, 0.1) is 30.0 Å². The van der Waals surface area contributed by atoms with Gasteiger partial charge in [-0.25, -0.2) is 4.79 Å². The molecule has 0 radical (unpaired) electrons. The minimum Gasteiger partial charge on any atom is -0.495 e. The van der Waals surface area contributed by atoms with Crippen molar-refractivity contribution in [2.75, 3.05) is 66.8 Å². The molecule has 0 saturated carbocycles. The number of ether oxygens (including phenoxy) is 1. The summed E-state index contributed by atoms with van der Waals surface area (Å²) in [5.74, 6) is 0.837. The zero-order chi connectivity index (χ0) is 27.2. The molecule has 0 aromatic heterocycles. The number of hydrogen-bond acceptors (Lipinski definition) is 6. The number of rotatable bonds is 6. The predicted molar refractivity (Wildman–Crippen MR) is 153 cm³/mol. The van der Waals surface area contributed by atoms with E-state index < -0.39 is 6.03 Å². The minimum absolute atomic E-state index is 0.0135. The lowest BCUT2D eigenvalue weighted by molar-refractivity contribution is 0.0793. The molecule has 0 aliphatic carbocycles. The van der Waals surface area contributed by atoms with Gasteiger partial charge >= 0.3 is 6.03 Å². The first-order chi connectivity index (χ1) is 19.1. The van der Waals surface area contributed by atoms with E-state index in [0.717, 1.165) is 69.2 Å². The summed E-state index contributed by atoms with van der Waals surface area (Å²) in [7, 11) is 1.69. The maximum Gasteiger partial charge on any atom is 0.323 e. The average molecular weight is 525 g/mol. The highest BCUT2D eigenvalue weighted by molar-refractivity contribution is 6.04. The van der Waals surface area contributed by atoms with Crippen molar-refractivity contribution in [2.24, 2.45) is 0 Å². The van der Waals surface area contributed by atoms with Crippen molar-refractivity contribution < 1.29 is 14.3 Å². The second kappa shape index (κ2) is 11.8. The van der Waals surface area contributed by atoms with Crippen molar-refractivity contribution in [2.45, 2.75) is 12.8 Å². The van der Waals surface area contributed by atoms with Crippen molar-refractivity contribution in [3.63, 3.8) is 0 Å². The predicted octanol–water partition coefficient (Wildman–Crippen LogP) is 4.77. The fourth-order valence-electron chi connectivity index (χ4n) is 5.19. The van der Waals surface area contributed by atoms with Crippen molar-refractivity contribution >= 4 is 34.7 Å². The molecule has 2 heterocycles. The number of amides is 3. The lowest BCUT2D eigenvalue weighted by Crippen LogP contribution is -2.47. The fourth-order valence-corrected chi connectivity index (χ4v) is 5.19. The second-order valence-corrected chi connectivity index (χ2v) is 9.65. The summed E-state index contributed by atoms with van der Waals surface area (Å²) in [5, 5.41) is 14.7. The Balaban J connectivity index is 1.34. The van der Waals surface area contributed by atoms with Gasteiger partial charge < -0.3 is 30.1 Å². The minimum atomic E-state index is -0.442. The maximum absolute atomic E-state index is 13.6. The van der Waals surface area contributed by atoms with Crippen LogP contribution >= 0.6 is 0 Å². The number of piperazine rings is 1. The van der Waals surface area contributed by atoms with Gasteiger partial charge in [-0.1, -0.05) is 18.2 Å². The summed E-state index contributed by atoms with van der Waals surface area (Å²) in [6, 6.07) is 21.9. The molecule has 5 rings (SSSR count). The van der Waals surface area contributed by atoms with Crippen LogP contribution in [-0.4, -0.2) is 63.2 Å². The van der Waals surface area contributed by atoms with Gasteiger partial charge in [-0.15, -0.1) is 0 Å². The highest BCUT2D eigenvalue weighted by atomic mass is 16.5. The standard InChI is InChI=1S/C30H32N6O3/c1-39-28-10-3-2-9-27(28)35-17-15-34(16-18-35)26-12-11-24(20-25(26)29(37)36-13-4-5-14-36)33-30(38)32-23-8-6-7-22(19-23)21-31/h2-3,6-12,19-20H,4-5,13-18H2,1H3,(H2,32,33,38). The van der Waals surface area contributed by atoms with Gasteiger partial charge in [-0.3, -0.25) is 4.79 Å². The van der Waals surface area contributed by atoms with Gasteiger partial charge in [0.2, 0.25) is 0 Å². The van der Waals surface area contributed by atoms with E-state index in [1.807, 2.05) is 35.2 Å². The van der Waals surface area contributed by atoms with E-state index in [0.29, 0.717) is 22.5 Å². The fraction of sp³-hybridized carbons (Fsp3) is 0.300. The molecule has 0 bridgehead atoms. The number of nitrogens with zero attached hydrogens (tertiary/aromatic N) is 4. The Hall–Kier alpha value is -4.71. The van der Waals surface area contributed by atoms with Crippen molar-refractivity contribution in [3.8, 4) is 11.8 Å². The number of urea groups is 1. The van der Waals surface area contributed by atoms with Crippen LogP contribution in [0.15, 0.2) is 66.7 Å². The number of hydrogen-bond donors (Lipinski definition) is 2. The number of methoxy groups -OCH3 is 1. The summed E-state index contributed by atoms with van der Waals surface area (Å²) in [6.07, 6.45) is 2.00. The van der Waals surface area contributed by atoms with Gasteiger partial charge in [0.1, 0.15) is 5.75 Å². The Morgan fingerprint density at radius 1 is 0.795 bits per heavy atom. The Labute approximate surface area is 228 Å². The molecule has 0 atom stereocenters. The molecule has 3 amide bonds. The van der Waals surface area contributed by atoms with Crippen LogP contribution in [-0.2, 0) is 0 Å². The highest BCUT2D eigenvalue weighted by Gasteiger charge is 2.27. The van der Waals surface area contributed by atoms with Gasteiger partial charge in [0.25, 0.3) is 5.91 Å². The Morgan fingerprint density at radius 2 is 1.46 bits per heavy atom. The summed E-state index contributed by atoms with van der Waals surface area (Å²) >= 11 is 0. The van der Waals surface area contributed by atoms with Crippen molar-refractivity contribution in [1.29, 1.82) is 5.26 Å². The van der Waals surface area contributed by atoms with Gasteiger partial charge in [0, 0.05) is 56.3 Å². The van der Waals surface area contributed by atoms with E-state index in [2.05, 4.69) is 32.6 Å². The third kappa shape index (κ3) is 5.91. The maximum atomic E-state index is 13.6. The third-order valence-corrected chi connectivity index (χ3v) is 7.17. The lowest BCUT2D eigenvalue weighted by Gasteiger charge is -2.38. The van der Waals surface area contributed by atoms with Crippen LogP contribution in [0.3, 0.4) is 0 Å². The molecular formula is C30H32N6O3. The Bertz CT molecular complexity index is 1390. The van der Waals surface area contributed by atoms with Crippen LogP contribution < -0.4 is 25.2 Å². The average Bonchev–Trinajstić information content (AvgIpc) is 3.52. The molecule has 2 saturated heterocycles. The van der Waals surface area contributed by atoms with E-state index in [-0.39, 0.29) is 5.91 Å². The van der Waals surface area contributed by atoms with Crippen molar-refractivity contribution in [1.82, 2.24) is 4.90 Å². The van der Waals surface area contributed by atoms with Crippen LogP contribution in [0, 0.1) is 11.3 Å². The van der Waals surface area contributed by atoms with Gasteiger partial charge in [0.15, 0.2) is 0 Å². The first-order valence-electron chi connectivity index (χ1n) is 13.2. The van der Waals surface area contributed by atoms with Crippen LogP contribution in [0.5, 0.6) is 5.75 Å². The molecule has 0 spiro atoms. The molecule has 200 valence electrons. The molecule has 3 aromatic rings. The van der Waals surface area contributed by atoms with Gasteiger partial charge in [-0.2, -0.15) is 5.26 Å². The summed E-state index contributed by atoms with van der Waals surface area (Å²) in [5.41, 5.74) is 4.04. The molecule has 9 nitrogen and oxygen atoms in total. The quantitative estimate of drug-likeness (QED) is 0.482. The molecule has 9 heteroatoms. The molecular weight excluding hydrogens is 492 g/mol. The number of carbonyl (C=O) groups excluding carboxylic acids is 2. The topological polar surface area (TPSA) is 101 Å².